The van der Waals surface area contributed by atoms with E-state index in [2.05, 4.69) is 15.6 Å². The number of hydrogen-bond acceptors (Lipinski definition) is 7. The minimum absolute atomic E-state index is 0.0685. The Bertz CT molecular complexity index is 1130. The Balaban J connectivity index is 1.93. The van der Waals surface area contributed by atoms with Crippen LogP contribution in [-0.2, 0) is 9.53 Å². The van der Waals surface area contributed by atoms with Crippen molar-refractivity contribution in [2.75, 3.05) is 11.9 Å². The van der Waals surface area contributed by atoms with Gasteiger partial charge in [0.05, 0.1) is 34.4 Å². The van der Waals surface area contributed by atoms with Gasteiger partial charge in [0.1, 0.15) is 5.82 Å². The van der Waals surface area contributed by atoms with E-state index < -0.39 is 16.8 Å². The molecule has 2 aliphatic heterocycles. The van der Waals surface area contributed by atoms with Gasteiger partial charge in [-0.2, -0.15) is 0 Å². The molecule has 0 aromatic heterocycles. The number of nitro groups is 1. The second-order valence-electron chi connectivity index (χ2n) is 6.86. The van der Waals surface area contributed by atoms with Crippen LogP contribution in [0.5, 0.6) is 0 Å². The van der Waals surface area contributed by atoms with Crippen LogP contribution in [0.4, 0.5) is 17.1 Å². The fourth-order valence-corrected chi connectivity index (χ4v) is 3.75. The van der Waals surface area contributed by atoms with E-state index in [9.17, 15) is 14.9 Å². The monoisotopic (exact) mass is 404 g/mol. The quantitative estimate of drug-likeness (QED) is 0.450. The number of esters is 1. The SMILES string of the molecule is CCOC(=O)C1=C(C)NC2=C(C=Nc3ccccc3N2)[C@H]1c1ccccc1[N+](=O)[O-]. The molecule has 0 amide bonds. The van der Waals surface area contributed by atoms with Gasteiger partial charge in [-0.1, -0.05) is 30.3 Å². The zero-order chi connectivity index (χ0) is 21.3. The number of carbonyl (C=O) groups excluding carboxylic acids is 1. The average Bonchev–Trinajstić information content (AvgIpc) is 2.91. The summed E-state index contributed by atoms with van der Waals surface area (Å²) in [7, 11) is 0. The molecule has 0 fully saturated rings. The lowest BCUT2D eigenvalue weighted by molar-refractivity contribution is -0.385. The third-order valence-electron chi connectivity index (χ3n) is 5.05. The zero-order valence-electron chi connectivity index (χ0n) is 16.5. The van der Waals surface area contributed by atoms with Gasteiger partial charge < -0.3 is 15.4 Å². The lowest BCUT2D eigenvalue weighted by atomic mass is 9.81. The maximum absolute atomic E-state index is 12.9. The molecule has 4 rings (SSSR count). The van der Waals surface area contributed by atoms with Crippen molar-refractivity contribution in [3.05, 3.63) is 86.9 Å². The molecule has 30 heavy (non-hydrogen) atoms. The largest absolute Gasteiger partial charge is 0.463 e. The summed E-state index contributed by atoms with van der Waals surface area (Å²) in [6.45, 7) is 3.68. The molecule has 0 spiro atoms. The molecule has 8 nitrogen and oxygen atoms in total. The van der Waals surface area contributed by atoms with E-state index in [0.29, 0.717) is 28.2 Å². The van der Waals surface area contributed by atoms with E-state index in [0.717, 1.165) is 11.4 Å². The molecular formula is C22H20N4O4. The van der Waals surface area contributed by atoms with Crippen LogP contribution in [0, 0.1) is 10.1 Å². The molecule has 2 aromatic rings. The summed E-state index contributed by atoms with van der Waals surface area (Å²) < 4.78 is 5.28. The summed E-state index contributed by atoms with van der Waals surface area (Å²) in [4.78, 5) is 28.7. The Morgan fingerprint density at radius 1 is 1.17 bits per heavy atom. The highest BCUT2D eigenvalue weighted by Crippen LogP contribution is 2.43. The highest BCUT2D eigenvalue weighted by atomic mass is 16.6. The number of anilines is 1. The van der Waals surface area contributed by atoms with Crippen molar-refractivity contribution in [2.24, 2.45) is 4.99 Å². The van der Waals surface area contributed by atoms with Crippen molar-refractivity contribution in [1.29, 1.82) is 0 Å². The van der Waals surface area contributed by atoms with E-state index in [-0.39, 0.29) is 12.3 Å². The summed E-state index contributed by atoms with van der Waals surface area (Å²) in [5, 5.41) is 18.3. The van der Waals surface area contributed by atoms with Crippen LogP contribution in [0.1, 0.15) is 25.3 Å². The van der Waals surface area contributed by atoms with Crippen LogP contribution >= 0.6 is 0 Å². The average molecular weight is 404 g/mol. The number of nitrogens with one attached hydrogen (secondary N) is 2. The number of ether oxygens (including phenoxy) is 1. The van der Waals surface area contributed by atoms with Crippen molar-refractivity contribution < 1.29 is 14.5 Å². The second-order valence-corrected chi connectivity index (χ2v) is 6.86. The Morgan fingerprint density at radius 2 is 1.90 bits per heavy atom. The normalized spacial score (nSPS) is 17.3. The molecule has 0 radical (unpaired) electrons. The van der Waals surface area contributed by atoms with E-state index >= 15 is 0 Å². The minimum Gasteiger partial charge on any atom is -0.463 e. The van der Waals surface area contributed by atoms with E-state index in [1.54, 1.807) is 38.3 Å². The van der Waals surface area contributed by atoms with Gasteiger partial charge >= 0.3 is 5.97 Å². The Hall–Kier alpha value is -3.94. The standard InChI is InChI=1S/C22H20N4O4/c1-3-30-22(27)19-13(2)24-21-15(12-23-16-9-5-6-10-17(16)25-21)20(19)14-8-4-7-11-18(14)26(28)29/h4-12,20,24-25H,3H2,1-2H3/t20-/m1/s1. The summed E-state index contributed by atoms with van der Waals surface area (Å²) in [6.07, 6.45) is 1.65. The highest BCUT2D eigenvalue weighted by molar-refractivity contribution is 5.99. The second kappa shape index (κ2) is 7.82. The lowest BCUT2D eigenvalue weighted by Gasteiger charge is -2.30. The lowest BCUT2D eigenvalue weighted by Crippen LogP contribution is -2.33. The van der Waals surface area contributed by atoms with Crippen LogP contribution in [0.2, 0.25) is 0 Å². The Labute approximate surface area is 173 Å². The van der Waals surface area contributed by atoms with Crippen LogP contribution in [0.3, 0.4) is 0 Å². The molecule has 2 aliphatic rings. The molecule has 8 heteroatoms. The van der Waals surface area contributed by atoms with E-state index in [1.807, 2.05) is 24.3 Å². The van der Waals surface area contributed by atoms with Crippen LogP contribution < -0.4 is 10.6 Å². The third-order valence-corrected chi connectivity index (χ3v) is 5.05. The van der Waals surface area contributed by atoms with Gasteiger partial charge in [-0.3, -0.25) is 15.1 Å². The molecule has 0 bridgehead atoms. The topological polar surface area (TPSA) is 106 Å². The van der Waals surface area contributed by atoms with E-state index in [4.69, 9.17) is 4.74 Å². The van der Waals surface area contributed by atoms with Crippen molar-refractivity contribution in [1.82, 2.24) is 5.32 Å². The van der Waals surface area contributed by atoms with Gasteiger partial charge in [0.2, 0.25) is 0 Å². The number of nitro benzene ring substituents is 1. The number of dihydropyridines is 1. The summed E-state index contributed by atoms with van der Waals surface area (Å²) in [5.41, 5.74) is 3.36. The first-order chi connectivity index (χ1) is 14.5. The van der Waals surface area contributed by atoms with E-state index in [1.165, 1.54) is 6.07 Å². The molecule has 0 saturated heterocycles. The number of aliphatic imine (C=N–C) groups is 1. The number of carbonyl (C=O) groups is 1. The highest BCUT2D eigenvalue weighted by Gasteiger charge is 2.38. The van der Waals surface area contributed by atoms with Gasteiger partial charge in [0.15, 0.2) is 0 Å². The van der Waals surface area contributed by atoms with Gasteiger partial charge in [0, 0.05) is 29.1 Å². The summed E-state index contributed by atoms with van der Waals surface area (Å²) >= 11 is 0. The van der Waals surface area contributed by atoms with Gasteiger partial charge in [-0.25, -0.2) is 4.79 Å². The molecule has 2 N–H and O–H groups in total. The summed E-state index contributed by atoms with van der Waals surface area (Å²) in [6, 6.07) is 14.0. The van der Waals surface area contributed by atoms with Gasteiger partial charge in [-0.15, -0.1) is 0 Å². The Kier molecular flexibility index (Phi) is 5.05. The molecule has 0 aliphatic carbocycles. The van der Waals surface area contributed by atoms with Gasteiger partial charge in [0.25, 0.3) is 5.69 Å². The number of para-hydroxylation sites is 3. The molecular weight excluding hydrogens is 384 g/mol. The van der Waals surface area contributed by atoms with Crippen molar-refractivity contribution in [2.45, 2.75) is 19.8 Å². The maximum atomic E-state index is 12.9. The van der Waals surface area contributed by atoms with Crippen molar-refractivity contribution >= 4 is 29.2 Å². The number of rotatable bonds is 4. The third kappa shape index (κ3) is 3.32. The van der Waals surface area contributed by atoms with Crippen LogP contribution in [-0.4, -0.2) is 23.7 Å². The Morgan fingerprint density at radius 3 is 2.67 bits per heavy atom. The maximum Gasteiger partial charge on any atom is 0.336 e. The van der Waals surface area contributed by atoms with Crippen molar-refractivity contribution in [3.63, 3.8) is 0 Å². The molecule has 2 aromatic carbocycles. The predicted molar refractivity (Wildman–Crippen MR) is 114 cm³/mol. The van der Waals surface area contributed by atoms with Crippen LogP contribution in [0.25, 0.3) is 0 Å². The number of benzene rings is 2. The first kappa shape index (κ1) is 19.4. The van der Waals surface area contributed by atoms with Gasteiger partial charge in [-0.05, 0) is 26.0 Å². The first-order valence-electron chi connectivity index (χ1n) is 9.53. The van der Waals surface area contributed by atoms with Crippen molar-refractivity contribution in [3.8, 4) is 0 Å². The molecule has 2 heterocycles. The number of nitrogens with zero attached hydrogens (tertiary/aromatic N) is 2. The smallest absolute Gasteiger partial charge is 0.336 e. The number of hydrogen-bond donors (Lipinski definition) is 2. The molecule has 1 atom stereocenters. The minimum atomic E-state index is -0.715. The molecule has 0 saturated carbocycles. The number of fused-ring (bicyclic) bond motifs is 1. The molecule has 0 unspecified atom stereocenters. The van der Waals surface area contributed by atoms with Crippen LogP contribution in [0.15, 0.2) is 76.2 Å². The first-order valence-corrected chi connectivity index (χ1v) is 9.53. The number of allylic oxidation sites excluding steroid dienone is 2. The summed E-state index contributed by atoms with van der Waals surface area (Å²) in [5.74, 6) is -0.614. The predicted octanol–water partition coefficient (Wildman–Crippen LogP) is 4.16. The fourth-order valence-electron chi connectivity index (χ4n) is 3.75. The fraction of sp³-hybridized carbons (Fsp3) is 0.182. The molecule has 152 valence electrons. The zero-order valence-corrected chi connectivity index (χ0v) is 16.5.